The molecule has 1 heterocycles. The van der Waals surface area contributed by atoms with Crippen LogP contribution in [0.2, 0.25) is 0 Å². The van der Waals surface area contributed by atoms with Gasteiger partial charge in [-0.1, -0.05) is 0 Å². The van der Waals surface area contributed by atoms with E-state index in [1.54, 1.807) is 7.05 Å². The number of likely N-dealkylation sites (N-methyl/N-ethyl adjacent to an activating group) is 2. The van der Waals surface area contributed by atoms with Crippen LogP contribution in [0.4, 0.5) is 5.82 Å². The lowest BCUT2D eigenvalue weighted by molar-refractivity contribution is -0.121. The molecule has 6 heteroatoms. The molecule has 0 spiro atoms. The highest BCUT2D eigenvalue weighted by Gasteiger charge is 2.08. The molecule has 0 bridgehead atoms. The Bertz CT molecular complexity index is 393. The number of hydrogen-bond donors (Lipinski definition) is 2. The number of hydrogen-bond acceptors (Lipinski definition) is 5. The lowest BCUT2D eigenvalue weighted by atomic mass is 10.4. The third kappa shape index (κ3) is 4.36. The zero-order chi connectivity index (χ0) is 12.8. The first kappa shape index (κ1) is 13.4. The third-order valence-electron chi connectivity index (χ3n) is 2.26. The lowest BCUT2D eigenvalue weighted by Crippen LogP contribution is -2.33. The van der Waals surface area contributed by atoms with Crippen molar-refractivity contribution in [2.45, 2.75) is 13.5 Å². The molecule has 0 fully saturated rings. The zero-order valence-electron chi connectivity index (χ0n) is 10.7. The first-order valence-electron chi connectivity index (χ1n) is 5.46. The minimum absolute atomic E-state index is 0.0195. The molecule has 0 radical (unpaired) electrons. The Labute approximate surface area is 101 Å². The summed E-state index contributed by atoms with van der Waals surface area (Å²) in [6.07, 6.45) is 0. The molecule has 1 rings (SSSR count). The highest BCUT2D eigenvalue weighted by Crippen LogP contribution is 2.06. The van der Waals surface area contributed by atoms with Gasteiger partial charge in [-0.05, 0) is 14.0 Å². The molecule has 0 aliphatic heterocycles. The van der Waals surface area contributed by atoms with Crippen molar-refractivity contribution in [3.05, 3.63) is 17.6 Å². The van der Waals surface area contributed by atoms with Gasteiger partial charge in [0, 0.05) is 25.9 Å². The summed E-state index contributed by atoms with van der Waals surface area (Å²) in [7, 11) is 5.30. The van der Waals surface area contributed by atoms with E-state index >= 15 is 0 Å². The van der Waals surface area contributed by atoms with Gasteiger partial charge >= 0.3 is 0 Å². The van der Waals surface area contributed by atoms with Crippen LogP contribution in [0.3, 0.4) is 0 Å². The van der Waals surface area contributed by atoms with Crippen LogP contribution in [0.25, 0.3) is 0 Å². The molecule has 6 nitrogen and oxygen atoms in total. The fourth-order valence-electron chi connectivity index (χ4n) is 1.45. The maximum Gasteiger partial charge on any atom is 0.233 e. The predicted molar refractivity (Wildman–Crippen MR) is 66.7 cm³/mol. The normalized spacial score (nSPS) is 10.4. The van der Waals surface area contributed by atoms with Crippen molar-refractivity contribution < 1.29 is 4.79 Å². The molecular weight excluding hydrogens is 218 g/mol. The van der Waals surface area contributed by atoms with Crippen molar-refractivity contribution in [3.63, 3.8) is 0 Å². The van der Waals surface area contributed by atoms with Crippen molar-refractivity contribution in [1.29, 1.82) is 0 Å². The molecular formula is C11H19N5O. The summed E-state index contributed by atoms with van der Waals surface area (Å²) in [6, 6.07) is 1.88. The molecule has 1 aromatic heterocycles. The van der Waals surface area contributed by atoms with E-state index in [1.165, 1.54) is 0 Å². The Balaban J connectivity index is 2.67. The minimum Gasteiger partial charge on any atom is -0.373 e. The van der Waals surface area contributed by atoms with E-state index in [0.29, 0.717) is 18.9 Å². The minimum atomic E-state index is -0.0195. The average molecular weight is 237 g/mol. The molecule has 1 amide bonds. The van der Waals surface area contributed by atoms with Crippen LogP contribution in [-0.2, 0) is 11.3 Å². The molecule has 0 unspecified atom stereocenters. The van der Waals surface area contributed by atoms with E-state index in [-0.39, 0.29) is 5.91 Å². The highest BCUT2D eigenvalue weighted by atomic mass is 16.1. The fourth-order valence-corrected chi connectivity index (χ4v) is 1.45. The van der Waals surface area contributed by atoms with Crippen molar-refractivity contribution in [2.75, 3.05) is 33.0 Å². The topological polar surface area (TPSA) is 70.2 Å². The Morgan fingerprint density at radius 2 is 2.12 bits per heavy atom. The van der Waals surface area contributed by atoms with E-state index in [1.807, 2.05) is 32.0 Å². The number of anilines is 1. The quantitative estimate of drug-likeness (QED) is 0.754. The highest BCUT2D eigenvalue weighted by molar-refractivity contribution is 5.77. The van der Waals surface area contributed by atoms with Gasteiger partial charge in [-0.15, -0.1) is 0 Å². The van der Waals surface area contributed by atoms with Crippen LogP contribution in [0.15, 0.2) is 6.07 Å². The number of aryl methyl sites for hydroxylation is 1. The van der Waals surface area contributed by atoms with Crippen LogP contribution < -0.4 is 10.6 Å². The van der Waals surface area contributed by atoms with E-state index in [2.05, 4.69) is 20.6 Å². The van der Waals surface area contributed by atoms with Gasteiger partial charge < -0.3 is 10.6 Å². The van der Waals surface area contributed by atoms with E-state index < -0.39 is 0 Å². The summed E-state index contributed by atoms with van der Waals surface area (Å²) in [5.41, 5.74) is 0.910. The van der Waals surface area contributed by atoms with Gasteiger partial charge in [-0.25, -0.2) is 9.97 Å². The second-order valence-electron chi connectivity index (χ2n) is 3.91. The zero-order valence-corrected chi connectivity index (χ0v) is 10.7. The van der Waals surface area contributed by atoms with Crippen molar-refractivity contribution in [2.24, 2.45) is 0 Å². The molecule has 0 aromatic carbocycles. The SMILES string of the molecule is CNC(=O)CN(C)Cc1nc(C)cc(NC)n1. The molecule has 0 saturated carbocycles. The molecule has 1 aromatic rings. The summed E-state index contributed by atoms with van der Waals surface area (Å²) < 4.78 is 0. The number of nitrogens with zero attached hydrogens (tertiary/aromatic N) is 3. The second kappa shape index (κ2) is 6.15. The molecule has 0 aliphatic carbocycles. The molecule has 0 aliphatic rings. The molecule has 94 valence electrons. The maximum absolute atomic E-state index is 11.2. The number of aromatic nitrogens is 2. The first-order valence-corrected chi connectivity index (χ1v) is 5.46. The van der Waals surface area contributed by atoms with Gasteiger partial charge in [0.15, 0.2) is 0 Å². The van der Waals surface area contributed by atoms with Crippen LogP contribution in [-0.4, -0.2) is 48.5 Å². The number of nitrogens with one attached hydrogen (secondary N) is 2. The van der Waals surface area contributed by atoms with Gasteiger partial charge in [0.05, 0.1) is 13.1 Å². The van der Waals surface area contributed by atoms with Gasteiger partial charge in [-0.3, -0.25) is 9.69 Å². The molecule has 2 N–H and O–H groups in total. The summed E-state index contributed by atoms with van der Waals surface area (Å²) in [5, 5.41) is 5.57. The van der Waals surface area contributed by atoms with Crippen molar-refractivity contribution in [3.8, 4) is 0 Å². The van der Waals surface area contributed by atoms with Crippen LogP contribution in [0, 0.1) is 6.92 Å². The Kier molecular flexibility index (Phi) is 4.84. The van der Waals surface area contributed by atoms with Gasteiger partial charge in [0.2, 0.25) is 5.91 Å². The summed E-state index contributed by atoms with van der Waals surface area (Å²) in [4.78, 5) is 21.7. The number of rotatable bonds is 5. The van der Waals surface area contributed by atoms with E-state index in [4.69, 9.17) is 0 Å². The second-order valence-corrected chi connectivity index (χ2v) is 3.91. The van der Waals surface area contributed by atoms with Gasteiger partial charge in [0.1, 0.15) is 11.6 Å². The van der Waals surface area contributed by atoms with Crippen LogP contribution >= 0.6 is 0 Å². The summed E-state index contributed by atoms with van der Waals surface area (Å²) in [5.74, 6) is 1.48. The number of carbonyl (C=O) groups excluding carboxylic acids is 1. The third-order valence-corrected chi connectivity index (χ3v) is 2.26. The summed E-state index contributed by atoms with van der Waals surface area (Å²) in [6.45, 7) is 2.80. The number of carbonyl (C=O) groups is 1. The fraction of sp³-hybridized carbons (Fsp3) is 0.545. The first-order chi connectivity index (χ1) is 8.05. The van der Waals surface area contributed by atoms with Crippen LogP contribution in [0.5, 0.6) is 0 Å². The lowest BCUT2D eigenvalue weighted by Gasteiger charge is -2.15. The van der Waals surface area contributed by atoms with Gasteiger partial charge in [-0.2, -0.15) is 0 Å². The van der Waals surface area contributed by atoms with Crippen molar-refractivity contribution in [1.82, 2.24) is 20.2 Å². The molecule has 0 atom stereocenters. The molecule has 0 saturated heterocycles. The predicted octanol–water partition coefficient (Wildman–Crippen LogP) is 0.00452. The maximum atomic E-state index is 11.2. The average Bonchev–Trinajstić information content (AvgIpc) is 2.27. The Morgan fingerprint density at radius 3 is 2.71 bits per heavy atom. The van der Waals surface area contributed by atoms with E-state index in [0.717, 1.165) is 11.5 Å². The van der Waals surface area contributed by atoms with E-state index in [9.17, 15) is 4.79 Å². The molecule has 17 heavy (non-hydrogen) atoms. The smallest absolute Gasteiger partial charge is 0.233 e. The standard InChI is InChI=1S/C11H19N5O/c1-8-5-9(12-2)15-10(14-8)6-16(4)7-11(17)13-3/h5H,6-7H2,1-4H3,(H,13,17)(H,12,14,15). The number of amides is 1. The largest absolute Gasteiger partial charge is 0.373 e. The van der Waals surface area contributed by atoms with Crippen molar-refractivity contribution >= 4 is 11.7 Å². The monoisotopic (exact) mass is 237 g/mol. The van der Waals surface area contributed by atoms with Crippen LogP contribution in [0.1, 0.15) is 11.5 Å². The summed E-state index contributed by atoms with van der Waals surface area (Å²) >= 11 is 0. The Hall–Kier alpha value is -1.69. The van der Waals surface area contributed by atoms with Gasteiger partial charge in [0.25, 0.3) is 0 Å². The Morgan fingerprint density at radius 1 is 1.41 bits per heavy atom.